The second kappa shape index (κ2) is 8.91. The normalized spacial score (nSPS) is 12.3. The van der Waals surface area contributed by atoms with Crippen molar-refractivity contribution in [3.8, 4) is 5.69 Å². The van der Waals surface area contributed by atoms with Gasteiger partial charge in [-0.25, -0.2) is 0 Å². The van der Waals surface area contributed by atoms with E-state index in [1.54, 1.807) is 17.7 Å². The highest BCUT2D eigenvalue weighted by molar-refractivity contribution is 7.99. The van der Waals surface area contributed by atoms with Crippen molar-refractivity contribution in [1.29, 1.82) is 0 Å². The number of amides is 1. The molecule has 0 aliphatic carbocycles. The molecule has 2 heterocycles. The maximum Gasteiger partial charge on any atom is 0.230 e. The summed E-state index contributed by atoms with van der Waals surface area (Å²) in [5.74, 6) is 0.562. The second-order valence-electron chi connectivity index (χ2n) is 6.51. The second-order valence-corrected chi connectivity index (χ2v) is 8.84. The molecule has 3 aromatic rings. The van der Waals surface area contributed by atoms with Crippen LogP contribution in [0.4, 0.5) is 0 Å². The molecule has 0 fully saturated rings. The Morgan fingerprint density at radius 3 is 2.85 bits per heavy atom. The molecular formula is C19H21ClN4OS2. The fourth-order valence-corrected chi connectivity index (χ4v) is 4.48. The first-order chi connectivity index (χ1) is 13.0. The van der Waals surface area contributed by atoms with Crippen LogP contribution in [0, 0.1) is 12.8 Å². The van der Waals surface area contributed by atoms with E-state index in [0.29, 0.717) is 16.1 Å². The van der Waals surface area contributed by atoms with Crippen LogP contribution in [-0.4, -0.2) is 26.4 Å². The molecule has 0 aliphatic rings. The average molecular weight is 421 g/mol. The van der Waals surface area contributed by atoms with Crippen LogP contribution in [0.15, 0.2) is 47.2 Å². The zero-order chi connectivity index (χ0) is 19.4. The van der Waals surface area contributed by atoms with Crippen LogP contribution in [0.1, 0.15) is 30.3 Å². The Kier molecular flexibility index (Phi) is 6.57. The molecule has 5 nitrogen and oxygen atoms in total. The van der Waals surface area contributed by atoms with Crippen LogP contribution >= 0.6 is 34.7 Å². The van der Waals surface area contributed by atoms with Gasteiger partial charge in [-0.05, 0) is 42.0 Å². The van der Waals surface area contributed by atoms with Gasteiger partial charge in [-0.1, -0.05) is 49.3 Å². The maximum absolute atomic E-state index is 12.5. The van der Waals surface area contributed by atoms with Gasteiger partial charge < -0.3 is 5.32 Å². The summed E-state index contributed by atoms with van der Waals surface area (Å²) in [6.45, 7) is 6.17. The van der Waals surface area contributed by atoms with Crippen molar-refractivity contribution in [2.75, 3.05) is 5.75 Å². The van der Waals surface area contributed by atoms with Gasteiger partial charge in [-0.15, -0.1) is 21.5 Å². The number of hydrogen-bond donors (Lipinski definition) is 1. The first-order valence-corrected chi connectivity index (χ1v) is 10.8. The van der Waals surface area contributed by atoms with Gasteiger partial charge in [0, 0.05) is 9.90 Å². The standard InChI is InChI=1S/C19H21ClN4OS2/c1-12(2)18(16-5-4-8-26-16)22-17(25)10-27-19-23-21-11-24(19)14-7-6-13(3)15(20)9-14/h4-9,11-12,18H,10H2,1-3H3,(H,22,25)/t18-/m0/s1. The summed E-state index contributed by atoms with van der Waals surface area (Å²) in [6.07, 6.45) is 1.63. The Morgan fingerprint density at radius 2 is 2.19 bits per heavy atom. The van der Waals surface area contributed by atoms with Gasteiger partial charge >= 0.3 is 0 Å². The number of hydrogen-bond acceptors (Lipinski definition) is 5. The molecule has 0 saturated heterocycles. The molecular weight excluding hydrogens is 400 g/mol. The first-order valence-electron chi connectivity index (χ1n) is 8.58. The van der Waals surface area contributed by atoms with Crippen molar-refractivity contribution < 1.29 is 4.79 Å². The van der Waals surface area contributed by atoms with Crippen LogP contribution in [-0.2, 0) is 4.79 Å². The Labute approximate surface area is 172 Å². The first kappa shape index (κ1) is 19.9. The predicted molar refractivity (Wildman–Crippen MR) is 112 cm³/mol. The molecule has 0 saturated carbocycles. The van der Waals surface area contributed by atoms with Crippen molar-refractivity contribution >= 4 is 40.6 Å². The minimum absolute atomic E-state index is 0.0203. The molecule has 27 heavy (non-hydrogen) atoms. The molecule has 1 aromatic carbocycles. The van der Waals surface area contributed by atoms with E-state index in [4.69, 9.17) is 11.6 Å². The summed E-state index contributed by atoms with van der Waals surface area (Å²) in [4.78, 5) is 13.7. The maximum atomic E-state index is 12.5. The SMILES string of the molecule is Cc1ccc(-n2cnnc2SCC(=O)N[C@H](c2cccs2)C(C)C)cc1Cl. The third kappa shape index (κ3) is 4.91. The van der Waals surface area contributed by atoms with Crippen molar-refractivity contribution in [2.45, 2.75) is 32.0 Å². The number of aromatic nitrogens is 3. The van der Waals surface area contributed by atoms with Crippen molar-refractivity contribution in [1.82, 2.24) is 20.1 Å². The third-order valence-electron chi connectivity index (χ3n) is 4.12. The fraction of sp³-hybridized carbons (Fsp3) is 0.316. The highest BCUT2D eigenvalue weighted by Crippen LogP contribution is 2.27. The molecule has 8 heteroatoms. The quantitative estimate of drug-likeness (QED) is 0.552. The number of halogens is 1. The van der Waals surface area contributed by atoms with E-state index in [0.717, 1.165) is 11.3 Å². The number of carbonyl (C=O) groups is 1. The highest BCUT2D eigenvalue weighted by Gasteiger charge is 2.20. The number of nitrogens with zero attached hydrogens (tertiary/aromatic N) is 3. The number of rotatable bonds is 7. The van der Waals surface area contributed by atoms with Gasteiger partial charge in [0.15, 0.2) is 5.16 Å². The van der Waals surface area contributed by atoms with Gasteiger partial charge in [0.2, 0.25) is 5.91 Å². The number of nitrogens with one attached hydrogen (secondary N) is 1. The highest BCUT2D eigenvalue weighted by atomic mass is 35.5. The summed E-state index contributed by atoms with van der Waals surface area (Å²) in [5.41, 5.74) is 1.88. The third-order valence-corrected chi connectivity index (χ3v) is 6.42. The van der Waals surface area contributed by atoms with E-state index in [9.17, 15) is 4.79 Å². The zero-order valence-electron chi connectivity index (χ0n) is 15.3. The lowest BCUT2D eigenvalue weighted by Crippen LogP contribution is -2.32. The van der Waals surface area contributed by atoms with E-state index >= 15 is 0 Å². The molecule has 2 aromatic heterocycles. The van der Waals surface area contributed by atoms with Crippen LogP contribution in [0.2, 0.25) is 5.02 Å². The Balaban J connectivity index is 1.66. The van der Waals surface area contributed by atoms with Gasteiger partial charge in [0.25, 0.3) is 0 Å². The molecule has 0 unspecified atom stereocenters. The summed E-state index contributed by atoms with van der Waals surface area (Å²) < 4.78 is 1.84. The Hall–Kier alpha value is -1.83. The molecule has 1 amide bonds. The van der Waals surface area contributed by atoms with Crippen LogP contribution in [0.25, 0.3) is 5.69 Å². The van der Waals surface area contributed by atoms with Crippen molar-refractivity contribution in [3.63, 3.8) is 0 Å². The smallest absolute Gasteiger partial charge is 0.230 e. The molecule has 142 valence electrons. The van der Waals surface area contributed by atoms with Crippen LogP contribution in [0.3, 0.4) is 0 Å². The van der Waals surface area contributed by atoms with E-state index in [2.05, 4.69) is 35.4 Å². The Bertz CT molecular complexity index is 908. The average Bonchev–Trinajstić information content (AvgIpc) is 3.31. The molecule has 3 rings (SSSR count). The number of thiophene rings is 1. The number of carbonyl (C=O) groups excluding carboxylic acids is 1. The van der Waals surface area contributed by atoms with E-state index < -0.39 is 0 Å². The van der Waals surface area contributed by atoms with Gasteiger partial charge in [-0.3, -0.25) is 9.36 Å². The van der Waals surface area contributed by atoms with Crippen LogP contribution < -0.4 is 5.32 Å². The molecule has 0 aliphatic heterocycles. The predicted octanol–water partition coefficient (Wildman–Crippen LogP) is 4.90. The largest absolute Gasteiger partial charge is 0.347 e. The van der Waals surface area contributed by atoms with E-state index in [-0.39, 0.29) is 17.7 Å². The zero-order valence-corrected chi connectivity index (χ0v) is 17.7. The van der Waals surface area contributed by atoms with Gasteiger partial charge in [-0.2, -0.15) is 0 Å². The Morgan fingerprint density at radius 1 is 1.37 bits per heavy atom. The van der Waals surface area contributed by atoms with Crippen molar-refractivity contribution in [2.24, 2.45) is 5.92 Å². The van der Waals surface area contributed by atoms with Gasteiger partial charge in [0.1, 0.15) is 6.33 Å². The molecule has 1 atom stereocenters. The summed E-state index contributed by atoms with van der Waals surface area (Å²) >= 11 is 9.24. The topological polar surface area (TPSA) is 59.8 Å². The monoisotopic (exact) mass is 420 g/mol. The summed E-state index contributed by atoms with van der Waals surface area (Å²) in [7, 11) is 0. The lowest BCUT2D eigenvalue weighted by atomic mass is 10.0. The fourth-order valence-electron chi connectivity index (χ4n) is 2.61. The summed E-state index contributed by atoms with van der Waals surface area (Å²) in [5, 5.41) is 14.6. The lowest BCUT2D eigenvalue weighted by molar-refractivity contribution is -0.119. The lowest BCUT2D eigenvalue weighted by Gasteiger charge is -2.21. The minimum Gasteiger partial charge on any atom is -0.347 e. The molecule has 0 spiro atoms. The molecule has 0 bridgehead atoms. The number of aryl methyl sites for hydroxylation is 1. The number of thioether (sulfide) groups is 1. The number of benzene rings is 1. The van der Waals surface area contributed by atoms with E-state index in [1.807, 2.05) is 41.1 Å². The van der Waals surface area contributed by atoms with Crippen molar-refractivity contribution in [3.05, 3.63) is 57.5 Å². The minimum atomic E-state index is -0.0245. The summed E-state index contributed by atoms with van der Waals surface area (Å²) in [6, 6.07) is 9.86. The van der Waals surface area contributed by atoms with E-state index in [1.165, 1.54) is 16.6 Å². The van der Waals surface area contributed by atoms with Crippen LogP contribution in [0.5, 0.6) is 0 Å². The molecule has 0 radical (unpaired) electrons. The van der Waals surface area contributed by atoms with Gasteiger partial charge in [0.05, 0.1) is 17.5 Å². The molecule has 1 N–H and O–H groups in total.